The fourth-order valence-corrected chi connectivity index (χ4v) is 6.01. The van der Waals surface area contributed by atoms with Crippen LogP contribution in [0.3, 0.4) is 0 Å². The van der Waals surface area contributed by atoms with E-state index in [2.05, 4.69) is 6.92 Å². The van der Waals surface area contributed by atoms with Crippen molar-refractivity contribution in [3.05, 3.63) is 0 Å². The Morgan fingerprint density at radius 3 is 1.74 bits per heavy atom. The Morgan fingerprint density at radius 2 is 1.24 bits per heavy atom. The lowest BCUT2D eigenvalue weighted by molar-refractivity contribution is -0.887. The zero-order valence-electron chi connectivity index (χ0n) is 25.2. The standard InChI is InChI=1S/C31H62NO5P/c1-3-4-5-6-7-8-9-10-11-12-13-14-15-16-17-18-21-25-35-28-31(27-30(2)33)29-37-38(34)36-26-24-32-22-19-20-23-32/h31,34H,3-29H2,1-2H3/p+1. The van der Waals surface area contributed by atoms with Crippen LogP contribution in [0, 0.1) is 5.92 Å². The maximum atomic E-state index is 11.6. The van der Waals surface area contributed by atoms with E-state index in [1.165, 1.54) is 129 Å². The number of quaternary nitrogens is 1. The van der Waals surface area contributed by atoms with Gasteiger partial charge in [0.2, 0.25) is 0 Å². The molecule has 1 aliphatic heterocycles. The molecular formula is C31H63NO5P+. The lowest BCUT2D eigenvalue weighted by Gasteiger charge is -2.18. The molecule has 1 saturated heterocycles. The second-order valence-corrected chi connectivity index (χ2v) is 12.6. The average Bonchev–Trinajstić information content (AvgIpc) is 3.41. The van der Waals surface area contributed by atoms with Gasteiger partial charge in [-0.1, -0.05) is 110 Å². The minimum Gasteiger partial charge on any atom is -0.381 e. The van der Waals surface area contributed by atoms with Crippen molar-refractivity contribution in [1.82, 2.24) is 0 Å². The van der Waals surface area contributed by atoms with Gasteiger partial charge in [-0.25, -0.2) is 0 Å². The summed E-state index contributed by atoms with van der Waals surface area (Å²) in [5.74, 6) is 0.101. The van der Waals surface area contributed by atoms with E-state index in [1.54, 1.807) is 11.8 Å². The summed E-state index contributed by atoms with van der Waals surface area (Å²) >= 11 is 0. The summed E-state index contributed by atoms with van der Waals surface area (Å²) in [6.07, 6.45) is 26.3. The van der Waals surface area contributed by atoms with Crippen LogP contribution in [0.5, 0.6) is 0 Å². The predicted molar refractivity (Wildman–Crippen MR) is 160 cm³/mol. The molecule has 0 aromatic carbocycles. The number of ketones is 1. The molecule has 1 aliphatic rings. The third kappa shape index (κ3) is 23.8. The van der Waals surface area contributed by atoms with Gasteiger partial charge in [0.15, 0.2) is 0 Å². The number of carbonyl (C=O) groups is 1. The average molecular weight is 561 g/mol. The van der Waals surface area contributed by atoms with E-state index in [4.69, 9.17) is 13.8 Å². The summed E-state index contributed by atoms with van der Waals surface area (Å²) < 4.78 is 16.8. The van der Waals surface area contributed by atoms with Gasteiger partial charge in [-0.2, -0.15) is 0 Å². The largest absolute Gasteiger partial charge is 0.381 e. The summed E-state index contributed by atoms with van der Waals surface area (Å²) in [5, 5.41) is 0. The van der Waals surface area contributed by atoms with E-state index >= 15 is 0 Å². The number of carbonyl (C=O) groups excluding carboxylic acids is 1. The number of likely N-dealkylation sites (tertiary alicyclic amines) is 1. The van der Waals surface area contributed by atoms with Crippen LogP contribution in [0.1, 0.15) is 142 Å². The Labute approximate surface area is 236 Å². The van der Waals surface area contributed by atoms with Gasteiger partial charge in [0.1, 0.15) is 18.9 Å². The third-order valence-corrected chi connectivity index (χ3v) is 8.48. The number of nitrogens with one attached hydrogen (secondary N) is 1. The Hall–Kier alpha value is -0.100. The van der Waals surface area contributed by atoms with Crippen molar-refractivity contribution in [2.45, 2.75) is 142 Å². The molecule has 0 radical (unpaired) electrons. The van der Waals surface area contributed by atoms with Gasteiger partial charge in [0.05, 0.1) is 26.3 Å². The van der Waals surface area contributed by atoms with Gasteiger partial charge in [-0.15, -0.1) is 0 Å². The molecule has 6 nitrogen and oxygen atoms in total. The molecule has 0 aromatic heterocycles. The van der Waals surface area contributed by atoms with Crippen molar-refractivity contribution in [1.29, 1.82) is 0 Å². The molecule has 2 unspecified atom stereocenters. The first-order valence-corrected chi connectivity index (χ1v) is 17.4. The van der Waals surface area contributed by atoms with Crippen molar-refractivity contribution in [2.24, 2.45) is 5.92 Å². The van der Waals surface area contributed by atoms with Crippen molar-refractivity contribution in [3.8, 4) is 0 Å². The Kier molecular flexibility index (Phi) is 25.6. The van der Waals surface area contributed by atoms with Gasteiger partial charge in [-0.05, 0) is 13.3 Å². The normalized spacial score (nSPS) is 15.8. The van der Waals surface area contributed by atoms with E-state index < -0.39 is 8.60 Å². The van der Waals surface area contributed by atoms with E-state index in [0.717, 1.165) is 19.6 Å². The highest BCUT2D eigenvalue weighted by Crippen LogP contribution is 2.33. The van der Waals surface area contributed by atoms with Crippen molar-refractivity contribution < 1.29 is 28.4 Å². The molecule has 226 valence electrons. The van der Waals surface area contributed by atoms with Gasteiger partial charge < -0.3 is 28.4 Å². The number of hydrogen-bond acceptors (Lipinski definition) is 5. The fourth-order valence-electron chi connectivity index (χ4n) is 5.35. The Morgan fingerprint density at radius 1 is 0.737 bits per heavy atom. The molecule has 1 heterocycles. The highest BCUT2D eigenvalue weighted by Gasteiger charge is 2.18. The monoisotopic (exact) mass is 560 g/mol. The SMILES string of the molecule is CCCCCCCCCCCCCCCCCCCOCC(COP(O)OCC[NH+]1CCCC1)CC(C)=O. The Balaban J connectivity index is 1.88. The van der Waals surface area contributed by atoms with E-state index in [0.29, 0.717) is 26.2 Å². The minimum atomic E-state index is -1.88. The van der Waals surface area contributed by atoms with Gasteiger partial charge >= 0.3 is 8.60 Å². The van der Waals surface area contributed by atoms with Gasteiger partial charge in [0, 0.05) is 31.8 Å². The zero-order chi connectivity index (χ0) is 27.5. The summed E-state index contributed by atoms with van der Waals surface area (Å²) in [7, 11) is -1.88. The molecule has 0 spiro atoms. The maximum Gasteiger partial charge on any atom is 0.330 e. The van der Waals surface area contributed by atoms with E-state index in [9.17, 15) is 9.69 Å². The van der Waals surface area contributed by atoms with Crippen LogP contribution in [0.2, 0.25) is 0 Å². The highest BCUT2D eigenvalue weighted by molar-refractivity contribution is 7.40. The first-order chi connectivity index (χ1) is 18.6. The molecule has 7 heteroatoms. The molecule has 0 saturated carbocycles. The van der Waals surface area contributed by atoms with Gasteiger partial charge in [0.25, 0.3) is 0 Å². The van der Waals surface area contributed by atoms with Crippen LogP contribution in [0.4, 0.5) is 0 Å². The summed E-state index contributed by atoms with van der Waals surface area (Å²) in [6.45, 7) is 9.25. The van der Waals surface area contributed by atoms with Crippen LogP contribution in [0.15, 0.2) is 0 Å². The van der Waals surface area contributed by atoms with E-state index in [1.807, 2.05) is 0 Å². The van der Waals surface area contributed by atoms with Crippen LogP contribution in [0.25, 0.3) is 0 Å². The number of rotatable bonds is 29. The van der Waals surface area contributed by atoms with Crippen molar-refractivity contribution >= 4 is 14.4 Å². The smallest absolute Gasteiger partial charge is 0.330 e. The van der Waals surface area contributed by atoms with Crippen molar-refractivity contribution in [3.63, 3.8) is 0 Å². The van der Waals surface area contributed by atoms with Crippen LogP contribution in [-0.4, -0.2) is 56.7 Å². The molecule has 0 aliphatic carbocycles. The number of hydrogen-bond donors (Lipinski definition) is 2. The van der Waals surface area contributed by atoms with Crippen molar-refractivity contribution in [2.75, 3.05) is 46.1 Å². The maximum absolute atomic E-state index is 11.6. The first-order valence-electron chi connectivity index (χ1n) is 16.3. The molecule has 2 atom stereocenters. The second-order valence-electron chi connectivity index (χ2n) is 11.6. The molecular weight excluding hydrogens is 497 g/mol. The number of Topliss-reactive ketones (excluding diaryl/α,β-unsaturated/α-hetero) is 1. The quantitative estimate of drug-likeness (QED) is 0.0749. The summed E-state index contributed by atoms with van der Waals surface area (Å²) in [6, 6.07) is 0. The lowest BCUT2D eigenvalue weighted by atomic mass is 10.0. The lowest BCUT2D eigenvalue weighted by Crippen LogP contribution is -3.10. The minimum absolute atomic E-state index is 0.0248. The second kappa shape index (κ2) is 27.1. The summed E-state index contributed by atoms with van der Waals surface area (Å²) in [4.78, 5) is 23.2. The third-order valence-electron chi connectivity index (χ3n) is 7.71. The van der Waals surface area contributed by atoms with Gasteiger partial charge in [-0.3, -0.25) is 0 Å². The first kappa shape index (κ1) is 35.9. The number of unbranched alkanes of at least 4 members (excludes halogenated alkanes) is 16. The molecule has 0 aromatic rings. The zero-order valence-corrected chi connectivity index (χ0v) is 26.1. The Bertz CT molecular complexity index is 518. The molecule has 1 fully saturated rings. The van der Waals surface area contributed by atoms with E-state index in [-0.39, 0.29) is 11.7 Å². The van der Waals surface area contributed by atoms with Crippen LogP contribution >= 0.6 is 8.60 Å². The summed E-state index contributed by atoms with van der Waals surface area (Å²) in [5.41, 5.74) is 0. The van der Waals surface area contributed by atoms with Crippen LogP contribution in [-0.2, 0) is 18.6 Å². The predicted octanol–water partition coefficient (Wildman–Crippen LogP) is 7.18. The van der Waals surface area contributed by atoms with Crippen LogP contribution < -0.4 is 4.90 Å². The molecule has 2 N–H and O–H groups in total. The molecule has 0 bridgehead atoms. The number of ether oxygens (including phenoxy) is 1. The molecule has 0 amide bonds. The fraction of sp³-hybridized carbons (Fsp3) is 0.968. The molecule has 38 heavy (non-hydrogen) atoms. The topological polar surface area (TPSA) is 69.4 Å². The molecule has 1 rings (SSSR count). The highest BCUT2D eigenvalue weighted by atomic mass is 31.2.